The maximum Gasteiger partial charge on any atom is 0.0499 e. The van der Waals surface area contributed by atoms with Crippen LogP contribution in [-0.2, 0) is 0 Å². The summed E-state index contributed by atoms with van der Waals surface area (Å²) in [6.45, 7) is 23.2. The predicted octanol–water partition coefficient (Wildman–Crippen LogP) is 8.92. The summed E-state index contributed by atoms with van der Waals surface area (Å²) in [7, 11) is 0. The van der Waals surface area contributed by atoms with Crippen molar-refractivity contribution in [1.29, 1.82) is 0 Å². The van der Waals surface area contributed by atoms with Gasteiger partial charge in [0, 0.05) is 39.8 Å². The van der Waals surface area contributed by atoms with Gasteiger partial charge in [0.05, 0.1) is 0 Å². The first kappa shape index (κ1) is 26.9. The Morgan fingerprint density at radius 1 is 1.12 bits per heavy atom. The third kappa shape index (κ3) is 7.06. The lowest BCUT2D eigenvalue weighted by atomic mass is 10.0. The molecule has 1 saturated heterocycles. The molecule has 3 rings (SSSR count). The van der Waals surface area contributed by atoms with Crippen LogP contribution in [0.5, 0.6) is 0 Å². The van der Waals surface area contributed by atoms with Crippen LogP contribution in [0.25, 0.3) is 11.8 Å². The molecule has 3 nitrogen and oxygen atoms in total. The highest BCUT2D eigenvalue weighted by Crippen LogP contribution is 2.36. The van der Waals surface area contributed by atoms with Crippen molar-refractivity contribution in [2.45, 2.75) is 38.5 Å². The molecule has 0 amide bonds. The monoisotopic (exact) mass is 471 g/mol. The zero-order valence-electron chi connectivity index (χ0n) is 20.7. The van der Waals surface area contributed by atoms with Gasteiger partial charge in [0.2, 0.25) is 0 Å². The molecule has 1 aliphatic heterocycles. The van der Waals surface area contributed by atoms with Crippen LogP contribution >= 0.6 is 11.9 Å². The number of nitrogens with one attached hydrogen (secondary N) is 2. The molecule has 1 heterocycles. The molecule has 0 aliphatic carbocycles. The summed E-state index contributed by atoms with van der Waals surface area (Å²) in [5.41, 5.74) is 7.12. The van der Waals surface area contributed by atoms with Crippen LogP contribution in [0.15, 0.2) is 109 Å². The number of hydrogen-bond donors (Lipinski definition) is 2. The molecule has 0 bridgehead atoms. The average molecular weight is 472 g/mol. The van der Waals surface area contributed by atoms with Gasteiger partial charge < -0.3 is 14.9 Å². The molecule has 0 saturated carbocycles. The van der Waals surface area contributed by atoms with E-state index in [1.807, 2.05) is 51.1 Å². The molecule has 2 aromatic rings. The molecule has 4 heteroatoms. The normalized spacial score (nSPS) is 14.4. The van der Waals surface area contributed by atoms with E-state index in [-0.39, 0.29) is 0 Å². The molecular weight excluding hydrogens is 434 g/mol. The highest BCUT2D eigenvalue weighted by molar-refractivity contribution is 7.97. The molecule has 178 valence electrons. The zero-order chi connectivity index (χ0) is 24.9. The van der Waals surface area contributed by atoms with Crippen LogP contribution < -0.4 is 10.6 Å². The van der Waals surface area contributed by atoms with Crippen molar-refractivity contribution < 1.29 is 0 Å². The lowest BCUT2D eigenvalue weighted by Crippen LogP contribution is -2.22. The van der Waals surface area contributed by atoms with Gasteiger partial charge in [-0.05, 0) is 79.4 Å². The third-order valence-electron chi connectivity index (χ3n) is 5.14. The fraction of sp³-hybridized carbons (Fsp3) is 0.200. The third-order valence-corrected chi connectivity index (χ3v) is 6.20. The van der Waals surface area contributed by atoms with Crippen molar-refractivity contribution in [1.82, 2.24) is 9.62 Å². The van der Waals surface area contributed by atoms with E-state index in [1.165, 1.54) is 16.2 Å². The largest absolute Gasteiger partial charge is 0.362 e. The van der Waals surface area contributed by atoms with E-state index in [9.17, 15) is 0 Å². The number of allylic oxidation sites excluding steroid dienone is 4. The van der Waals surface area contributed by atoms with Gasteiger partial charge in [0.15, 0.2) is 0 Å². The summed E-state index contributed by atoms with van der Waals surface area (Å²) in [6, 6.07) is 14.5. The van der Waals surface area contributed by atoms with E-state index in [0.717, 1.165) is 47.6 Å². The van der Waals surface area contributed by atoms with Crippen molar-refractivity contribution in [3.8, 4) is 0 Å². The van der Waals surface area contributed by atoms with Crippen LogP contribution in [0.3, 0.4) is 0 Å². The molecule has 0 unspecified atom stereocenters. The van der Waals surface area contributed by atoms with Gasteiger partial charge in [-0.15, -0.1) is 0 Å². The number of nitrogens with zero attached hydrogens (tertiary/aromatic N) is 1. The summed E-state index contributed by atoms with van der Waals surface area (Å²) < 4.78 is 2.34. The van der Waals surface area contributed by atoms with E-state index < -0.39 is 0 Å². The predicted molar refractivity (Wildman–Crippen MR) is 154 cm³/mol. The second kappa shape index (κ2) is 14.0. The summed E-state index contributed by atoms with van der Waals surface area (Å²) >= 11 is 1.75. The van der Waals surface area contributed by atoms with Crippen LogP contribution in [0.1, 0.15) is 44.7 Å². The summed E-state index contributed by atoms with van der Waals surface area (Å²) in [6.07, 6.45) is 11.9. The van der Waals surface area contributed by atoms with Gasteiger partial charge in [-0.3, -0.25) is 0 Å². The number of anilines is 2. The molecule has 0 aromatic heterocycles. The Kier molecular flexibility index (Phi) is 11.1. The van der Waals surface area contributed by atoms with Crippen LogP contribution in [-0.4, -0.2) is 10.8 Å². The quantitative estimate of drug-likeness (QED) is 0.357. The van der Waals surface area contributed by atoms with Gasteiger partial charge in [-0.1, -0.05) is 76.6 Å². The maximum absolute atomic E-state index is 4.27. The van der Waals surface area contributed by atoms with Gasteiger partial charge in [0.1, 0.15) is 0 Å². The Morgan fingerprint density at radius 3 is 2.59 bits per heavy atom. The Balaban J connectivity index is 0.00000199. The number of hydrogen-bond acceptors (Lipinski definition) is 4. The highest BCUT2D eigenvalue weighted by atomic mass is 32.2. The molecule has 0 atom stereocenters. The van der Waals surface area contributed by atoms with E-state index in [4.69, 9.17) is 0 Å². The van der Waals surface area contributed by atoms with Crippen molar-refractivity contribution >= 4 is 35.1 Å². The topological polar surface area (TPSA) is 27.3 Å². The Bertz CT molecular complexity index is 1080. The maximum atomic E-state index is 4.27. The van der Waals surface area contributed by atoms with Crippen molar-refractivity contribution in [3.05, 3.63) is 116 Å². The minimum Gasteiger partial charge on any atom is -0.362 e. The van der Waals surface area contributed by atoms with Crippen molar-refractivity contribution in [2.24, 2.45) is 0 Å². The molecule has 0 spiro atoms. The minimum atomic E-state index is 0.772. The van der Waals surface area contributed by atoms with Crippen LogP contribution in [0, 0.1) is 0 Å². The second-order valence-electron chi connectivity index (χ2n) is 7.43. The SMILES string of the molecule is C=CNC(=C)c1c(C=C)cccc1Nc1cccc(SN2CCCC(=C)/C2=C\C=C/C)c1.CC. The van der Waals surface area contributed by atoms with Gasteiger partial charge >= 0.3 is 0 Å². The zero-order valence-corrected chi connectivity index (χ0v) is 21.5. The van der Waals surface area contributed by atoms with Gasteiger partial charge in [0.25, 0.3) is 0 Å². The van der Waals surface area contributed by atoms with E-state index in [2.05, 4.69) is 77.7 Å². The first-order chi connectivity index (χ1) is 16.6. The standard InChI is InChI=1S/C28H31N3S.C2H6/c1-6-9-18-27-21(4)13-12-19-31(27)32-25-16-11-15-24(20-25)30-26-17-10-14-23(7-2)28(26)22(5)29-8-3;1-2/h6-11,14-18,20,29-30H,2-5,12-13,19H2,1H3;1-2H3/b9-6-,27-18+;. The number of benzene rings is 2. The average Bonchev–Trinajstić information content (AvgIpc) is 2.85. The molecule has 2 aromatic carbocycles. The lowest BCUT2D eigenvalue weighted by Gasteiger charge is -2.31. The van der Waals surface area contributed by atoms with Crippen molar-refractivity contribution in [3.63, 3.8) is 0 Å². The number of rotatable bonds is 9. The molecular formula is C30H37N3S. The summed E-state index contributed by atoms with van der Waals surface area (Å²) in [5.74, 6) is 0. The molecule has 0 radical (unpaired) electrons. The fourth-order valence-corrected chi connectivity index (χ4v) is 4.72. The second-order valence-corrected chi connectivity index (χ2v) is 8.53. The fourth-order valence-electron chi connectivity index (χ4n) is 3.63. The first-order valence-electron chi connectivity index (χ1n) is 11.7. The van der Waals surface area contributed by atoms with E-state index >= 15 is 0 Å². The van der Waals surface area contributed by atoms with Crippen LogP contribution in [0.2, 0.25) is 0 Å². The Hall–Kier alpha value is -3.37. The molecule has 1 fully saturated rings. The Labute approximate surface area is 210 Å². The minimum absolute atomic E-state index is 0.772. The highest BCUT2D eigenvalue weighted by Gasteiger charge is 2.19. The molecule has 1 aliphatic rings. The van der Waals surface area contributed by atoms with Crippen molar-refractivity contribution in [2.75, 3.05) is 11.9 Å². The Morgan fingerprint density at radius 2 is 1.88 bits per heavy atom. The first-order valence-corrected chi connectivity index (χ1v) is 12.5. The smallest absolute Gasteiger partial charge is 0.0499 e. The van der Waals surface area contributed by atoms with Gasteiger partial charge in [-0.25, -0.2) is 0 Å². The van der Waals surface area contributed by atoms with E-state index in [0.29, 0.717) is 0 Å². The lowest BCUT2D eigenvalue weighted by molar-refractivity contribution is 0.510. The van der Waals surface area contributed by atoms with Crippen LogP contribution in [0.4, 0.5) is 11.4 Å². The molecule has 34 heavy (non-hydrogen) atoms. The van der Waals surface area contributed by atoms with E-state index in [1.54, 1.807) is 18.1 Å². The summed E-state index contributed by atoms with van der Waals surface area (Å²) in [5, 5.41) is 6.67. The van der Waals surface area contributed by atoms with Gasteiger partial charge in [-0.2, -0.15) is 0 Å². The number of piperidine rings is 1. The molecule has 2 N–H and O–H groups in total. The summed E-state index contributed by atoms with van der Waals surface area (Å²) in [4.78, 5) is 1.17.